The van der Waals surface area contributed by atoms with E-state index in [1.54, 1.807) is 45.0 Å². The second kappa shape index (κ2) is 44.9. The van der Waals surface area contributed by atoms with Crippen LogP contribution in [-0.4, -0.2) is 184 Å². The molecule has 9 heterocycles. The summed E-state index contributed by atoms with van der Waals surface area (Å²) in [5, 5.41) is 40.0. The number of allylic oxidation sites excluding steroid dienone is 6. The minimum atomic E-state index is -1.04. The fourth-order valence-electron chi connectivity index (χ4n) is 17.3. The molecule has 18 rings (SSSR count). The third-order valence-electron chi connectivity index (χ3n) is 24.6. The van der Waals surface area contributed by atoms with Crippen LogP contribution in [0.1, 0.15) is 130 Å². The van der Waals surface area contributed by atoms with Gasteiger partial charge in [-0.3, -0.25) is 34.6 Å². The average Bonchev–Trinajstić information content (AvgIpc) is 1.80. The molecule has 0 saturated carbocycles. The number of carboxylic acids is 1. The maximum atomic E-state index is 13.3. The predicted molar refractivity (Wildman–Crippen MR) is 537 cm³/mol. The van der Waals surface area contributed by atoms with E-state index in [0.717, 1.165) is 88.6 Å². The van der Waals surface area contributed by atoms with Gasteiger partial charge in [-0.1, -0.05) is 182 Å². The van der Waals surface area contributed by atoms with Crippen LogP contribution in [0.2, 0.25) is 0 Å². The summed E-state index contributed by atoms with van der Waals surface area (Å²) in [5.74, 6) is 0.758. The second-order valence-corrected chi connectivity index (χ2v) is 36.9. The molecule has 3 aromatic heterocycles. The number of rotatable bonds is 22. The van der Waals surface area contributed by atoms with Gasteiger partial charge < -0.3 is 83.3 Å². The van der Waals surface area contributed by atoms with E-state index in [-0.39, 0.29) is 88.8 Å². The van der Waals surface area contributed by atoms with Gasteiger partial charge in [0.1, 0.15) is 11.2 Å². The lowest BCUT2D eigenvalue weighted by Crippen LogP contribution is -2.42. The first-order valence-electron chi connectivity index (χ1n) is 46.5. The van der Waals surface area contributed by atoms with Crippen LogP contribution in [0, 0.1) is 17.8 Å². The molecule has 6 atom stereocenters. The molecule has 6 unspecified atom stereocenters. The standard InChI is InChI=1S/C37H41N7O4.C32H33N7O2.C20H23N5O3.C17H20N2O2/c1-37(2,3)48-36(47)43-31-14-13-25(24-9-5-4-6-10-24)19-32(31)42-34(46)27-22-39-35(40-23-27)41-28-15-17-44(18-16-28)33(45)20-26-21-38-30-12-8-7-11-29(26)30;33-27-11-10-22(21-6-2-1-3-7-21)16-29(27)38-31(41)24-19-35-32(36-20-24)37-25-12-14-39(15-13-25)30(40)17-23-18-34-28-9-5-4-8-26(23)28;26-18(9-13-10-21-17-4-2-1-3-16(13)17)25-7-5-15(6-8-25)24-20-22-11-14(12-23-20)19(27)28;1-17(2,3)21-16(20)19-15-10-9-13(11-14(15)18)12-7-5-4-6-8-12/h4-14,19,21-23,28-30,38H,15-18,20H2,1-3H3,(H,42,46)(H,43,47)(H,39,40,41);1-11,16,18-20,25-26,28,34H,12-15,17,33H2,(H,38,41)(H,35,36,37);1-4,10-12,15-17,21H,5-9H2,(H,27,28)(H,22,23,24);4-11H,18H2,1-3H3,(H,19,20). The van der Waals surface area contributed by atoms with E-state index in [9.17, 15) is 38.4 Å². The van der Waals surface area contributed by atoms with Crippen LogP contribution < -0.4 is 64.6 Å². The molecular formula is C106H117N21O11. The summed E-state index contributed by atoms with van der Waals surface area (Å²) in [6.45, 7) is 14.9. The first-order chi connectivity index (χ1) is 66.6. The molecule has 3 aliphatic carbocycles. The molecule has 32 nitrogen and oxygen atoms in total. The van der Waals surface area contributed by atoms with Gasteiger partial charge in [-0.15, -0.1) is 0 Å². The van der Waals surface area contributed by atoms with Gasteiger partial charge in [-0.05, 0) is 185 Å². The molecule has 0 radical (unpaired) electrons. The zero-order valence-corrected chi connectivity index (χ0v) is 78.0. The van der Waals surface area contributed by atoms with E-state index in [2.05, 4.69) is 120 Å². The molecule has 7 amide bonds. The van der Waals surface area contributed by atoms with Gasteiger partial charge in [0.25, 0.3) is 11.8 Å². The fraction of sp³-hybridized carbons (Fsp3) is 0.302. The number of carbonyl (C=O) groups is 8. The number of nitrogen functional groups attached to an aromatic ring is 2. The van der Waals surface area contributed by atoms with E-state index < -0.39 is 35.3 Å². The van der Waals surface area contributed by atoms with Gasteiger partial charge in [0, 0.05) is 112 Å². The molecule has 3 saturated heterocycles. The third-order valence-corrected chi connectivity index (χ3v) is 24.6. The summed E-state index contributed by atoms with van der Waals surface area (Å²) >= 11 is 0. The normalized spacial score (nSPS) is 18.9. The Hall–Kier alpha value is -16.0. The molecule has 15 N–H and O–H groups in total. The van der Waals surface area contributed by atoms with E-state index >= 15 is 0 Å². The number of ether oxygens (including phenoxy) is 2. The van der Waals surface area contributed by atoms with Gasteiger partial charge in [-0.2, -0.15) is 0 Å². The number of amides is 7. The topological polar surface area (TPSA) is 435 Å². The maximum absolute atomic E-state index is 13.3. The second-order valence-electron chi connectivity index (χ2n) is 36.9. The molecule has 3 fully saturated rings. The van der Waals surface area contributed by atoms with Crippen LogP contribution in [0.25, 0.3) is 33.4 Å². The molecule has 32 heteroatoms. The lowest BCUT2D eigenvalue weighted by atomic mass is 9.89. The van der Waals surface area contributed by atoms with Gasteiger partial charge >= 0.3 is 18.2 Å². The Bertz CT molecular complexity index is 6150. The van der Waals surface area contributed by atoms with Crippen molar-refractivity contribution in [2.45, 2.75) is 147 Å². The number of likely N-dealkylation sites (tertiary alicyclic amines) is 3. The van der Waals surface area contributed by atoms with Crippen LogP contribution in [0.3, 0.4) is 0 Å². The largest absolute Gasteiger partial charge is 0.478 e. The van der Waals surface area contributed by atoms with Gasteiger partial charge in [0.15, 0.2) is 0 Å². The molecule has 0 bridgehead atoms. The summed E-state index contributed by atoms with van der Waals surface area (Å²) in [5.41, 5.74) is 23.7. The van der Waals surface area contributed by atoms with Crippen molar-refractivity contribution in [3.05, 3.63) is 308 Å². The third kappa shape index (κ3) is 26.5. The van der Waals surface area contributed by atoms with E-state index in [0.29, 0.717) is 116 Å². The molecule has 6 aliphatic heterocycles. The number of hydrogen-bond donors (Lipinski definition) is 13. The lowest BCUT2D eigenvalue weighted by molar-refractivity contribution is -0.132. The predicted octanol–water partition coefficient (Wildman–Crippen LogP) is 16.4. The number of hydrogen-bond acceptors (Lipinski definition) is 24. The zero-order valence-electron chi connectivity index (χ0n) is 78.0. The van der Waals surface area contributed by atoms with E-state index in [4.69, 9.17) is 26.0 Å². The number of piperidine rings is 3. The Morgan fingerprint density at radius 1 is 0.362 bits per heavy atom. The highest BCUT2D eigenvalue weighted by Gasteiger charge is 2.36. The average molecular weight is 1860 g/mol. The SMILES string of the molecule is CC(C)(C)OC(=O)Nc1ccc(-c2ccccc2)cc1N.CC(C)(C)OC(=O)Nc1ccc(-c2ccccc2)cc1NC(=O)c1cnc(NC2CCN(C(=O)CC3=CNC4C=CC=CC34)CC2)nc1.Nc1ccc(-c2ccccc2)cc1NC(=O)c1cnc(NC2CCN(C(=O)CC3=CNC4C=CC=CC34)CC2)nc1.O=C(O)c1cnc(NC2CCN(C(=O)CC3=CNC4C=CC=CC34)CC2)nc1. The van der Waals surface area contributed by atoms with Crippen LogP contribution in [-0.2, 0) is 23.9 Å². The number of benzene rings is 6. The van der Waals surface area contributed by atoms with Crippen LogP contribution >= 0.6 is 0 Å². The molecule has 138 heavy (non-hydrogen) atoms. The lowest BCUT2D eigenvalue weighted by Gasteiger charge is -2.33. The van der Waals surface area contributed by atoms with Crippen molar-refractivity contribution in [2.75, 3.05) is 88.0 Å². The maximum Gasteiger partial charge on any atom is 0.412 e. The highest BCUT2D eigenvalue weighted by molar-refractivity contribution is 6.08. The first kappa shape index (κ1) is 96.6. The van der Waals surface area contributed by atoms with Crippen molar-refractivity contribution in [1.82, 2.24) is 60.6 Å². The number of nitrogens with zero attached hydrogens (tertiary/aromatic N) is 9. The molecule has 9 aromatic rings. The fourth-order valence-corrected chi connectivity index (χ4v) is 17.3. The highest BCUT2D eigenvalue weighted by atomic mass is 16.6. The number of nitrogens with two attached hydrogens (primary N) is 2. The monoisotopic (exact) mass is 1860 g/mol. The zero-order chi connectivity index (χ0) is 96.8. The van der Waals surface area contributed by atoms with E-state index in [1.807, 2.05) is 212 Å². The Morgan fingerprint density at radius 2 is 0.674 bits per heavy atom. The smallest absolute Gasteiger partial charge is 0.412 e. The van der Waals surface area contributed by atoms with Crippen molar-refractivity contribution in [3.63, 3.8) is 0 Å². The first-order valence-corrected chi connectivity index (χ1v) is 46.5. The number of aromatic carboxylic acids is 1. The van der Waals surface area contributed by atoms with Crippen molar-refractivity contribution in [2.24, 2.45) is 17.8 Å². The number of carboxylic acid groups (broad SMARTS) is 1. The quantitative estimate of drug-likeness (QED) is 0.0280. The Balaban J connectivity index is 0.000000146. The van der Waals surface area contributed by atoms with Crippen LogP contribution in [0.15, 0.2) is 291 Å². The minimum Gasteiger partial charge on any atom is -0.478 e. The summed E-state index contributed by atoms with van der Waals surface area (Å²) < 4.78 is 10.6. The van der Waals surface area contributed by atoms with Crippen molar-refractivity contribution < 1.29 is 52.9 Å². The molecule has 9 aliphatic rings. The number of carbonyl (C=O) groups excluding carboxylic acids is 7. The molecule has 0 spiro atoms. The van der Waals surface area contributed by atoms with Crippen molar-refractivity contribution in [3.8, 4) is 33.4 Å². The summed E-state index contributed by atoms with van der Waals surface area (Å²) in [6.07, 6.45) is 44.5. The van der Waals surface area contributed by atoms with Crippen LogP contribution in [0.5, 0.6) is 0 Å². The van der Waals surface area contributed by atoms with Crippen LogP contribution in [0.4, 0.5) is 61.6 Å². The summed E-state index contributed by atoms with van der Waals surface area (Å²) in [4.78, 5) is 131. The molecule has 712 valence electrons. The number of anilines is 9. The van der Waals surface area contributed by atoms with Crippen molar-refractivity contribution in [1.29, 1.82) is 0 Å². The number of fused-ring (bicyclic) bond motifs is 3. The Morgan fingerprint density at radius 3 is 1.02 bits per heavy atom. The summed E-state index contributed by atoms with van der Waals surface area (Å²) in [7, 11) is 0. The van der Waals surface area contributed by atoms with Crippen molar-refractivity contribution >= 4 is 99.7 Å². The minimum absolute atomic E-state index is 0.0622. The highest BCUT2D eigenvalue weighted by Crippen LogP contribution is 2.37. The Kier molecular flexibility index (Phi) is 31.4. The van der Waals surface area contributed by atoms with Gasteiger partial charge in [0.2, 0.25) is 35.6 Å². The number of nitrogens with one attached hydrogen (secondary N) is 10. The molecule has 6 aromatic carbocycles. The van der Waals surface area contributed by atoms with Gasteiger partial charge in [0.05, 0.1) is 88.2 Å². The Labute approximate surface area is 802 Å². The number of aromatic nitrogens is 6. The van der Waals surface area contributed by atoms with Gasteiger partial charge in [-0.25, -0.2) is 44.3 Å². The summed E-state index contributed by atoms with van der Waals surface area (Å²) in [6, 6.07) is 47.3. The van der Waals surface area contributed by atoms with E-state index in [1.165, 1.54) is 37.2 Å². The molecular weight excluding hydrogens is 1740 g/mol.